The average molecular weight is 294 g/mol. The van der Waals surface area contributed by atoms with Crippen LogP contribution >= 0.6 is 0 Å². The molecule has 1 aliphatic rings. The van der Waals surface area contributed by atoms with Crippen molar-refractivity contribution in [3.05, 3.63) is 17.7 Å². The molecule has 1 aliphatic heterocycles. The normalized spacial score (nSPS) is 14.4. The van der Waals surface area contributed by atoms with E-state index in [9.17, 15) is 4.79 Å². The lowest BCUT2D eigenvalue weighted by Gasteiger charge is -2.20. The fraction of sp³-hybridized carbons (Fsp3) is 0.562. The summed E-state index contributed by atoms with van der Waals surface area (Å²) in [6.45, 7) is 6.92. The van der Waals surface area contributed by atoms with Crippen LogP contribution in [0.2, 0.25) is 0 Å². The van der Waals surface area contributed by atoms with Gasteiger partial charge in [-0.1, -0.05) is 20.3 Å². The molecule has 1 heterocycles. The van der Waals surface area contributed by atoms with Crippen LogP contribution in [0, 0.1) is 6.92 Å². The van der Waals surface area contributed by atoms with Gasteiger partial charge in [0, 0.05) is 6.07 Å². The summed E-state index contributed by atoms with van der Waals surface area (Å²) in [6.07, 6.45) is 1.82. The number of hydrogen-bond donors (Lipinski definition) is 0. The summed E-state index contributed by atoms with van der Waals surface area (Å²) in [5, 5.41) is 0. The van der Waals surface area contributed by atoms with Crippen molar-refractivity contribution in [1.82, 2.24) is 0 Å². The van der Waals surface area contributed by atoms with Gasteiger partial charge >= 0.3 is 6.16 Å². The maximum atomic E-state index is 11.9. The number of carbonyl (C=O) groups is 1. The fourth-order valence-corrected chi connectivity index (χ4v) is 2.20. The van der Waals surface area contributed by atoms with E-state index in [2.05, 4.69) is 6.92 Å². The van der Waals surface area contributed by atoms with E-state index in [0.29, 0.717) is 30.5 Å². The molecule has 1 aromatic carbocycles. The average Bonchev–Trinajstić information content (AvgIpc) is 2.47. The highest BCUT2D eigenvalue weighted by atomic mass is 16.7. The molecule has 0 aliphatic carbocycles. The third-order valence-corrected chi connectivity index (χ3v) is 3.36. The summed E-state index contributed by atoms with van der Waals surface area (Å²) in [7, 11) is 0. The first kappa shape index (κ1) is 15.5. The molecule has 116 valence electrons. The van der Waals surface area contributed by atoms with E-state index >= 15 is 0 Å². The number of carbonyl (C=O) groups excluding carboxylic acids is 1. The van der Waals surface area contributed by atoms with Crippen molar-refractivity contribution in [3.8, 4) is 17.2 Å². The SMILES string of the molecule is CCCC(CC)OC(=O)Oc1cc2c(cc1C)OCCO2. The van der Waals surface area contributed by atoms with Gasteiger partial charge < -0.3 is 18.9 Å². The van der Waals surface area contributed by atoms with E-state index in [1.165, 1.54) is 0 Å². The summed E-state index contributed by atoms with van der Waals surface area (Å²) < 4.78 is 21.6. The van der Waals surface area contributed by atoms with E-state index in [4.69, 9.17) is 18.9 Å². The molecule has 1 atom stereocenters. The molecule has 5 nitrogen and oxygen atoms in total. The van der Waals surface area contributed by atoms with Crippen LogP contribution in [0.15, 0.2) is 12.1 Å². The highest BCUT2D eigenvalue weighted by molar-refractivity contribution is 5.66. The summed E-state index contributed by atoms with van der Waals surface area (Å²) in [6, 6.07) is 3.48. The van der Waals surface area contributed by atoms with Crippen molar-refractivity contribution >= 4 is 6.16 Å². The Hall–Kier alpha value is -1.91. The predicted molar refractivity (Wildman–Crippen MR) is 78.3 cm³/mol. The molecule has 0 N–H and O–H groups in total. The van der Waals surface area contributed by atoms with Crippen molar-refractivity contribution < 1.29 is 23.7 Å². The lowest BCUT2D eigenvalue weighted by molar-refractivity contribution is 0.0522. The molecule has 0 fully saturated rings. The van der Waals surface area contributed by atoms with Gasteiger partial charge in [-0.3, -0.25) is 0 Å². The largest absolute Gasteiger partial charge is 0.514 e. The monoisotopic (exact) mass is 294 g/mol. The Balaban J connectivity index is 2.03. The third-order valence-electron chi connectivity index (χ3n) is 3.36. The third kappa shape index (κ3) is 4.03. The Kier molecular flexibility index (Phi) is 5.31. The van der Waals surface area contributed by atoms with Crippen LogP contribution in [0.5, 0.6) is 17.2 Å². The van der Waals surface area contributed by atoms with E-state index < -0.39 is 6.16 Å². The Labute approximate surface area is 125 Å². The molecule has 5 heteroatoms. The van der Waals surface area contributed by atoms with Crippen LogP contribution < -0.4 is 14.2 Å². The second-order valence-corrected chi connectivity index (χ2v) is 5.05. The number of rotatable bonds is 5. The first-order chi connectivity index (χ1) is 10.1. The molecule has 0 saturated heterocycles. The van der Waals surface area contributed by atoms with Gasteiger partial charge in [-0.05, 0) is 31.4 Å². The molecular weight excluding hydrogens is 272 g/mol. The molecule has 0 saturated carbocycles. The number of benzene rings is 1. The summed E-state index contributed by atoms with van der Waals surface area (Å²) in [5.74, 6) is 1.71. The van der Waals surface area contributed by atoms with Crippen LogP contribution in [-0.4, -0.2) is 25.5 Å². The van der Waals surface area contributed by atoms with Crippen molar-refractivity contribution in [2.24, 2.45) is 0 Å². The highest BCUT2D eigenvalue weighted by Crippen LogP contribution is 2.36. The molecule has 21 heavy (non-hydrogen) atoms. The van der Waals surface area contributed by atoms with E-state index in [-0.39, 0.29) is 6.10 Å². The highest BCUT2D eigenvalue weighted by Gasteiger charge is 2.19. The Morgan fingerprint density at radius 3 is 2.52 bits per heavy atom. The topological polar surface area (TPSA) is 54.0 Å². The quantitative estimate of drug-likeness (QED) is 0.609. The standard InChI is InChI=1S/C16H22O5/c1-4-6-12(5-2)20-16(17)21-13-10-15-14(9-11(13)3)18-7-8-19-15/h9-10,12H,4-8H2,1-3H3. The molecule has 1 aromatic rings. The number of ether oxygens (including phenoxy) is 4. The van der Waals surface area contributed by atoms with Crippen molar-refractivity contribution in [1.29, 1.82) is 0 Å². The minimum absolute atomic E-state index is 0.0972. The smallest absolute Gasteiger partial charge is 0.486 e. The first-order valence-corrected chi connectivity index (χ1v) is 7.42. The van der Waals surface area contributed by atoms with Crippen molar-refractivity contribution in [2.45, 2.75) is 46.1 Å². The molecule has 0 spiro atoms. The van der Waals surface area contributed by atoms with Gasteiger partial charge in [0.1, 0.15) is 25.1 Å². The molecule has 0 radical (unpaired) electrons. The van der Waals surface area contributed by atoms with Crippen LogP contribution in [0.1, 0.15) is 38.7 Å². The summed E-state index contributed by atoms with van der Waals surface area (Å²) in [4.78, 5) is 11.9. The summed E-state index contributed by atoms with van der Waals surface area (Å²) >= 11 is 0. The van der Waals surface area contributed by atoms with Gasteiger partial charge in [0.25, 0.3) is 0 Å². The van der Waals surface area contributed by atoms with Crippen LogP contribution in [0.25, 0.3) is 0 Å². The first-order valence-electron chi connectivity index (χ1n) is 7.42. The molecule has 0 bridgehead atoms. The van der Waals surface area contributed by atoms with Crippen LogP contribution in [-0.2, 0) is 4.74 Å². The predicted octanol–water partition coefficient (Wildman–Crippen LogP) is 3.86. The molecular formula is C16H22O5. The zero-order valence-electron chi connectivity index (χ0n) is 12.8. The summed E-state index contributed by atoms with van der Waals surface area (Å²) in [5.41, 5.74) is 0.805. The Morgan fingerprint density at radius 1 is 1.24 bits per heavy atom. The van der Waals surface area contributed by atoms with Gasteiger partial charge in [0.2, 0.25) is 0 Å². The molecule has 0 aromatic heterocycles. The second-order valence-electron chi connectivity index (χ2n) is 5.05. The van der Waals surface area contributed by atoms with E-state index in [0.717, 1.165) is 24.8 Å². The minimum Gasteiger partial charge on any atom is -0.486 e. The molecule has 1 unspecified atom stereocenters. The Morgan fingerprint density at radius 2 is 1.90 bits per heavy atom. The lowest BCUT2D eigenvalue weighted by atomic mass is 10.2. The number of fused-ring (bicyclic) bond motifs is 1. The maximum Gasteiger partial charge on any atom is 0.514 e. The van der Waals surface area contributed by atoms with Gasteiger partial charge in [0.05, 0.1) is 0 Å². The second kappa shape index (κ2) is 7.20. The number of hydrogen-bond acceptors (Lipinski definition) is 5. The van der Waals surface area contributed by atoms with E-state index in [1.807, 2.05) is 13.8 Å². The van der Waals surface area contributed by atoms with Gasteiger partial charge in [0.15, 0.2) is 11.5 Å². The number of aryl methyl sites for hydroxylation is 1. The maximum absolute atomic E-state index is 11.9. The van der Waals surface area contributed by atoms with E-state index in [1.54, 1.807) is 12.1 Å². The lowest BCUT2D eigenvalue weighted by Crippen LogP contribution is -2.21. The minimum atomic E-state index is -0.671. The molecule has 2 rings (SSSR count). The van der Waals surface area contributed by atoms with Crippen LogP contribution in [0.4, 0.5) is 4.79 Å². The zero-order chi connectivity index (χ0) is 15.2. The zero-order valence-corrected chi connectivity index (χ0v) is 12.8. The van der Waals surface area contributed by atoms with Gasteiger partial charge in [-0.2, -0.15) is 0 Å². The van der Waals surface area contributed by atoms with Gasteiger partial charge in [-0.15, -0.1) is 0 Å². The fourth-order valence-electron chi connectivity index (χ4n) is 2.20. The van der Waals surface area contributed by atoms with Crippen molar-refractivity contribution in [2.75, 3.05) is 13.2 Å². The van der Waals surface area contributed by atoms with Gasteiger partial charge in [-0.25, -0.2) is 4.79 Å². The van der Waals surface area contributed by atoms with Crippen LogP contribution in [0.3, 0.4) is 0 Å². The molecule has 0 amide bonds. The Bertz CT molecular complexity index is 498. The van der Waals surface area contributed by atoms with Crippen molar-refractivity contribution in [3.63, 3.8) is 0 Å².